The second-order valence-electron chi connectivity index (χ2n) is 7.97. The van der Waals surface area contributed by atoms with E-state index < -0.39 is 12.1 Å². The first-order chi connectivity index (χ1) is 15.1. The zero-order chi connectivity index (χ0) is 21.6. The van der Waals surface area contributed by atoms with Gasteiger partial charge in [-0.1, -0.05) is 12.1 Å². The van der Waals surface area contributed by atoms with Gasteiger partial charge in [0.2, 0.25) is 0 Å². The lowest BCUT2D eigenvalue weighted by Gasteiger charge is -2.17. The summed E-state index contributed by atoms with van der Waals surface area (Å²) in [6.07, 6.45) is 9.44. The van der Waals surface area contributed by atoms with Gasteiger partial charge in [-0.2, -0.15) is 0 Å². The van der Waals surface area contributed by atoms with Crippen molar-refractivity contribution in [3.8, 4) is 0 Å². The van der Waals surface area contributed by atoms with Crippen molar-refractivity contribution >= 4 is 11.8 Å². The molecule has 1 aliphatic rings. The number of carbonyl (C=O) groups is 1. The molecule has 0 bridgehead atoms. The Labute approximate surface area is 181 Å². The smallest absolute Gasteiger partial charge is 0.304 e. The molecule has 3 aromatic heterocycles. The largest absolute Gasteiger partial charge is 0.481 e. The molecule has 1 aliphatic heterocycles. The van der Waals surface area contributed by atoms with Crippen LogP contribution in [0.4, 0.5) is 5.82 Å². The second-order valence-corrected chi connectivity index (χ2v) is 7.97. The maximum absolute atomic E-state index is 11.3. The molecule has 8 heteroatoms. The number of imidazole rings is 1. The summed E-state index contributed by atoms with van der Waals surface area (Å²) in [5, 5.41) is 23.2. The molecular weight excluding hydrogens is 394 g/mol. The van der Waals surface area contributed by atoms with Gasteiger partial charge in [-0.05, 0) is 48.9 Å². The Balaban J connectivity index is 1.37. The zero-order valence-corrected chi connectivity index (χ0v) is 17.3. The van der Waals surface area contributed by atoms with Gasteiger partial charge in [-0.25, -0.2) is 9.97 Å². The number of aliphatic hydroxyl groups is 1. The number of pyridine rings is 2. The Bertz CT molecular complexity index is 1020. The molecule has 8 nitrogen and oxygen atoms in total. The van der Waals surface area contributed by atoms with Crippen LogP contribution in [-0.4, -0.2) is 42.2 Å². The molecule has 0 amide bonds. The monoisotopic (exact) mass is 421 g/mol. The average molecular weight is 422 g/mol. The summed E-state index contributed by atoms with van der Waals surface area (Å²) in [6.45, 7) is 1.40. The van der Waals surface area contributed by atoms with Crippen LogP contribution in [0.5, 0.6) is 0 Å². The topological polar surface area (TPSA) is 113 Å². The minimum Gasteiger partial charge on any atom is -0.481 e. The zero-order valence-electron chi connectivity index (χ0n) is 17.3. The van der Waals surface area contributed by atoms with Gasteiger partial charge in [-0.15, -0.1) is 0 Å². The number of nitrogens with one attached hydrogen (secondary N) is 1. The van der Waals surface area contributed by atoms with E-state index in [2.05, 4.69) is 26.3 Å². The van der Waals surface area contributed by atoms with Crippen LogP contribution in [0.15, 0.2) is 49.2 Å². The maximum Gasteiger partial charge on any atom is 0.304 e. The summed E-state index contributed by atoms with van der Waals surface area (Å²) in [7, 11) is 0. The molecule has 4 heterocycles. The van der Waals surface area contributed by atoms with Gasteiger partial charge in [-0.3, -0.25) is 9.78 Å². The quantitative estimate of drug-likeness (QED) is 0.487. The van der Waals surface area contributed by atoms with E-state index in [-0.39, 0.29) is 12.3 Å². The number of hydrogen-bond donors (Lipinski definition) is 3. The van der Waals surface area contributed by atoms with Crippen LogP contribution in [0.2, 0.25) is 0 Å². The number of fused-ring (bicyclic) bond motifs is 1. The van der Waals surface area contributed by atoms with Crippen molar-refractivity contribution in [1.29, 1.82) is 0 Å². The Kier molecular flexibility index (Phi) is 6.57. The normalized spacial score (nSPS) is 15.0. The number of carboxylic acids is 1. The molecular formula is C23H27N5O3. The van der Waals surface area contributed by atoms with Crippen LogP contribution in [0.1, 0.15) is 53.8 Å². The number of aliphatic hydroxyl groups excluding tert-OH is 1. The Hall–Kier alpha value is -3.26. The van der Waals surface area contributed by atoms with E-state index in [0.29, 0.717) is 25.1 Å². The average Bonchev–Trinajstić information content (AvgIpc) is 3.26. The fraction of sp³-hybridized carbons (Fsp3) is 0.391. The van der Waals surface area contributed by atoms with Crippen LogP contribution in [-0.2, 0) is 24.2 Å². The molecule has 31 heavy (non-hydrogen) atoms. The molecule has 0 spiro atoms. The van der Waals surface area contributed by atoms with Gasteiger partial charge < -0.3 is 20.1 Å². The third kappa shape index (κ3) is 5.46. The van der Waals surface area contributed by atoms with Crippen molar-refractivity contribution < 1.29 is 15.0 Å². The minimum atomic E-state index is -0.860. The van der Waals surface area contributed by atoms with Crippen molar-refractivity contribution in [3.05, 3.63) is 71.7 Å². The highest BCUT2D eigenvalue weighted by molar-refractivity contribution is 5.68. The SMILES string of the molecule is O=C(O)C[C@H](Cn1cnc(C(O)CCc2ccc3c(n2)NCCC3)c1)c1cccnc1. The van der Waals surface area contributed by atoms with Gasteiger partial charge in [0.05, 0.1) is 24.5 Å². The van der Waals surface area contributed by atoms with E-state index in [9.17, 15) is 15.0 Å². The number of aryl methyl sites for hydroxylation is 2. The molecule has 0 radical (unpaired) electrons. The van der Waals surface area contributed by atoms with Crippen molar-refractivity contribution in [2.45, 2.75) is 50.7 Å². The summed E-state index contributed by atoms with van der Waals surface area (Å²) in [4.78, 5) is 24.4. The lowest BCUT2D eigenvalue weighted by Crippen LogP contribution is -2.14. The maximum atomic E-state index is 11.3. The Morgan fingerprint density at radius 3 is 3.00 bits per heavy atom. The number of hydrogen-bond acceptors (Lipinski definition) is 6. The standard InChI is InChI=1S/C23H27N5O3/c29-21(8-7-19-6-5-16-3-2-10-25-23(16)27-19)20-14-28(15-26-20)13-18(11-22(30)31)17-4-1-9-24-12-17/h1,4-6,9,12,14-15,18,21,29H,2-3,7-8,10-11,13H2,(H,25,27)(H,30,31)/t18-,21?/m1/s1. The molecule has 0 saturated heterocycles. The van der Waals surface area contributed by atoms with Crippen molar-refractivity contribution in [3.63, 3.8) is 0 Å². The number of anilines is 1. The van der Waals surface area contributed by atoms with Crippen LogP contribution >= 0.6 is 0 Å². The van der Waals surface area contributed by atoms with Crippen LogP contribution in [0.3, 0.4) is 0 Å². The van der Waals surface area contributed by atoms with Crippen LogP contribution in [0.25, 0.3) is 0 Å². The fourth-order valence-electron chi connectivity index (χ4n) is 3.96. The van der Waals surface area contributed by atoms with E-state index in [1.165, 1.54) is 5.56 Å². The first kappa shape index (κ1) is 21.0. The lowest BCUT2D eigenvalue weighted by atomic mass is 9.97. The van der Waals surface area contributed by atoms with Crippen molar-refractivity contribution in [1.82, 2.24) is 19.5 Å². The Morgan fingerprint density at radius 1 is 1.29 bits per heavy atom. The van der Waals surface area contributed by atoms with E-state index in [1.54, 1.807) is 31.0 Å². The summed E-state index contributed by atoms with van der Waals surface area (Å²) in [5.74, 6) is -0.124. The van der Waals surface area contributed by atoms with E-state index in [1.807, 2.05) is 16.7 Å². The third-order valence-electron chi connectivity index (χ3n) is 5.63. The number of nitrogens with zero attached hydrogens (tertiary/aromatic N) is 4. The number of aromatic nitrogens is 4. The van der Waals surface area contributed by atoms with Crippen LogP contribution < -0.4 is 5.32 Å². The van der Waals surface area contributed by atoms with Crippen molar-refractivity contribution in [2.75, 3.05) is 11.9 Å². The molecule has 0 saturated carbocycles. The van der Waals surface area contributed by atoms with Gasteiger partial charge in [0.15, 0.2) is 0 Å². The highest BCUT2D eigenvalue weighted by Gasteiger charge is 2.18. The van der Waals surface area contributed by atoms with Crippen molar-refractivity contribution in [2.24, 2.45) is 0 Å². The molecule has 3 N–H and O–H groups in total. The van der Waals surface area contributed by atoms with E-state index in [4.69, 9.17) is 0 Å². The highest BCUT2D eigenvalue weighted by atomic mass is 16.4. The summed E-state index contributed by atoms with van der Waals surface area (Å²) < 4.78 is 1.83. The predicted octanol–water partition coefficient (Wildman–Crippen LogP) is 2.96. The number of rotatable bonds is 9. The molecule has 162 valence electrons. The summed E-state index contributed by atoms with van der Waals surface area (Å²) in [6, 6.07) is 7.83. The van der Waals surface area contributed by atoms with Gasteiger partial charge in [0, 0.05) is 43.3 Å². The fourth-order valence-corrected chi connectivity index (χ4v) is 3.96. The molecule has 4 rings (SSSR count). The molecule has 2 atom stereocenters. The first-order valence-electron chi connectivity index (χ1n) is 10.6. The molecule has 0 aromatic carbocycles. The van der Waals surface area contributed by atoms with E-state index >= 15 is 0 Å². The highest BCUT2D eigenvalue weighted by Crippen LogP contribution is 2.24. The summed E-state index contributed by atoms with van der Waals surface area (Å²) in [5.41, 5.74) is 3.65. The van der Waals surface area contributed by atoms with Gasteiger partial charge in [0.1, 0.15) is 5.82 Å². The van der Waals surface area contributed by atoms with E-state index in [0.717, 1.165) is 36.5 Å². The number of carboxylic acid groups (broad SMARTS) is 1. The van der Waals surface area contributed by atoms with Gasteiger partial charge in [0.25, 0.3) is 0 Å². The third-order valence-corrected chi connectivity index (χ3v) is 5.63. The molecule has 3 aromatic rings. The first-order valence-corrected chi connectivity index (χ1v) is 10.6. The summed E-state index contributed by atoms with van der Waals surface area (Å²) >= 11 is 0. The predicted molar refractivity (Wildman–Crippen MR) is 116 cm³/mol. The Morgan fingerprint density at radius 2 is 2.19 bits per heavy atom. The van der Waals surface area contributed by atoms with Gasteiger partial charge >= 0.3 is 5.97 Å². The molecule has 1 unspecified atom stereocenters. The molecule has 0 fully saturated rings. The molecule has 0 aliphatic carbocycles. The second kappa shape index (κ2) is 9.70. The minimum absolute atomic E-state index is 0.000205. The lowest BCUT2D eigenvalue weighted by molar-refractivity contribution is -0.137. The van der Waals surface area contributed by atoms with Crippen LogP contribution in [0, 0.1) is 0 Å². The number of aliphatic carboxylic acids is 1.